The quantitative estimate of drug-likeness (QED) is 0.768. The SMILES string of the molecule is CCC1CCC(Nc2ccc(N3CCC(N4CCN(C)CC4)CC3)c(OC)c2)[CH]O1. The number of hydrogen-bond donors (Lipinski definition) is 1. The van der Waals surface area contributed by atoms with Crippen molar-refractivity contribution in [1.82, 2.24) is 9.80 Å². The van der Waals surface area contributed by atoms with Crippen LogP contribution in [0.5, 0.6) is 5.75 Å². The number of anilines is 2. The van der Waals surface area contributed by atoms with Gasteiger partial charge in [-0.05, 0) is 51.3 Å². The lowest BCUT2D eigenvalue weighted by Gasteiger charge is -2.42. The molecule has 2 atom stereocenters. The van der Waals surface area contributed by atoms with E-state index < -0.39 is 0 Å². The Balaban J connectivity index is 1.32. The molecule has 0 saturated carbocycles. The third kappa shape index (κ3) is 5.21. The Bertz CT molecular complexity index is 661. The molecule has 6 nitrogen and oxygen atoms in total. The molecule has 4 rings (SSSR count). The van der Waals surface area contributed by atoms with Gasteiger partial charge in [-0.25, -0.2) is 0 Å². The first-order valence-corrected chi connectivity index (χ1v) is 11.8. The lowest BCUT2D eigenvalue weighted by atomic mass is 10.0. The van der Waals surface area contributed by atoms with Gasteiger partial charge in [0.1, 0.15) is 12.4 Å². The fourth-order valence-electron chi connectivity index (χ4n) is 5.02. The highest BCUT2D eigenvalue weighted by Crippen LogP contribution is 2.34. The van der Waals surface area contributed by atoms with Gasteiger partial charge < -0.3 is 24.6 Å². The summed E-state index contributed by atoms with van der Waals surface area (Å²) in [6, 6.07) is 7.54. The Morgan fingerprint density at radius 1 is 1.03 bits per heavy atom. The number of benzene rings is 1. The minimum Gasteiger partial charge on any atom is -0.495 e. The van der Waals surface area contributed by atoms with Crippen molar-refractivity contribution in [1.29, 1.82) is 0 Å². The molecule has 1 N–H and O–H groups in total. The van der Waals surface area contributed by atoms with Crippen molar-refractivity contribution in [3.63, 3.8) is 0 Å². The summed E-state index contributed by atoms with van der Waals surface area (Å²) in [6.07, 6.45) is 6.16. The van der Waals surface area contributed by atoms with E-state index in [1.54, 1.807) is 7.11 Å². The third-order valence-corrected chi connectivity index (χ3v) is 7.08. The molecule has 0 spiro atoms. The van der Waals surface area contributed by atoms with Gasteiger partial charge in [0, 0.05) is 57.1 Å². The van der Waals surface area contributed by atoms with Gasteiger partial charge >= 0.3 is 0 Å². The minimum absolute atomic E-state index is 0.266. The van der Waals surface area contributed by atoms with Crippen molar-refractivity contribution in [3.05, 3.63) is 24.8 Å². The van der Waals surface area contributed by atoms with Crippen LogP contribution in [0.1, 0.15) is 39.0 Å². The largest absolute Gasteiger partial charge is 0.495 e. The second-order valence-electron chi connectivity index (χ2n) is 9.07. The molecule has 3 aliphatic rings. The summed E-state index contributed by atoms with van der Waals surface area (Å²) in [4.78, 5) is 7.63. The van der Waals surface area contributed by atoms with Crippen LogP contribution >= 0.6 is 0 Å². The summed E-state index contributed by atoms with van der Waals surface area (Å²) in [7, 11) is 4.01. The monoisotopic (exact) mass is 415 g/mol. The molecule has 3 fully saturated rings. The fourth-order valence-corrected chi connectivity index (χ4v) is 5.02. The Labute approximate surface area is 182 Å². The highest BCUT2D eigenvalue weighted by Gasteiger charge is 2.28. The van der Waals surface area contributed by atoms with Crippen LogP contribution in [-0.2, 0) is 4.74 Å². The molecular weight excluding hydrogens is 376 g/mol. The molecule has 0 aliphatic carbocycles. The average molecular weight is 416 g/mol. The van der Waals surface area contributed by atoms with Crippen LogP contribution in [0.4, 0.5) is 11.4 Å². The smallest absolute Gasteiger partial charge is 0.144 e. The highest BCUT2D eigenvalue weighted by molar-refractivity contribution is 5.65. The molecule has 3 heterocycles. The fraction of sp³-hybridized carbons (Fsp3) is 0.708. The van der Waals surface area contributed by atoms with Crippen molar-refractivity contribution < 1.29 is 9.47 Å². The van der Waals surface area contributed by atoms with Crippen LogP contribution in [-0.4, -0.2) is 81.4 Å². The van der Waals surface area contributed by atoms with E-state index in [1.807, 2.05) is 6.61 Å². The zero-order valence-corrected chi connectivity index (χ0v) is 19.0. The molecule has 30 heavy (non-hydrogen) atoms. The first-order valence-electron chi connectivity index (χ1n) is 11.8. The number of methoxy groups -OCH3 is 1. The maximum atomic E-state index is 5.82. The first-order chi connectivity index (χ1) is 14.7. The van der Waals surface area contributed by atoms with E-state index in [9.17, 15) is 0 Å². The van der Waals surface area contributed by atoms with Crippen molar-refractivity contribution in [2.24, 2.45) is 0 Å². The van der Waals surface area contributed by atoms with E-state index >= 15 is 0 Å². The van der Waals surface area contributed by atoms with E-state index in [2.05, 4.69) is 52.2 Å². The summed E-state index contributed by atoms with van der Waals surface area (Å²) < 4.78 is 11.6. The number of ether oxygens (including phenoxy) is 2. The van der Waals surface area contributed by atoms with Gasteiger partial charge in [-0.1, -0.05) is 6.92 Å². The molecular formula is C24H39N4O2. The summed E-state index contributed by atoms with van der Waals surface area (Å²) in [5, 5.41) is 3.59. The first kappa shape index (κ1) is 21.7. The predicted molar refractivity (Wildman–Crippen MR) is 123 cm³/mol. The van der Waals surface area contributed by atoms with Crippen LogP contribution in [0.2, 0.25) is 0 Å². The Morgan fingerprint density at radius 2 is 1.80 bits per heavy atom. The van der Waals surface area contributed by atoms with Crippen LogP contribution < -0.4 is 15.0 Å². The summed E-state index contributed by atoms with van der Waals surface area (Å²) in [5.41, 5.74) is 2.32. The molecule has 1 aromatic rings. The van der Waals surface area contributed by atoms with Crippen molar-refractivity contribution >= 4 is 11.4 Å². The molecule has 167 valence electrons. The number of piperidine rings is 1. The van der Waals surface area contributed by atoms with E-state index in [0.717, 1.165) is 49.8 Å². The normalized spacial score (nSPS) is 27.2. The number of nitrogens with zero attached hydrogens (tertiary/aromatic N) is 3. The van der Waals surface area contributed by atoms with Crippen LogP contribution in [0.25, 0.3) is 0 Å². The van der Waals surface area contributed by atoms with Gasteiger partial charge in [-0.2, -0.15) is 0 Å². The maximum Gasteiger partial charge on any atom is 0.144 e. The Kier molecular flexibility index (Phi) is 7.39. The number of nitrogens with one attached hydrogen (secondary N) is 1. The molecule has 3 saturated heterocycles. The van der Waals surface area contributed by atoms with Gasteiger partial charge in [0.15, 0.2) is 0 Å². The van der Waals surface area contributed by atoms with E-state index in [1.165, 1.54) is 44.7 Å². The topological polar surface area (TPSA) is 40.2 Å². The second-order valence-corrected chi connectivity index (χ2v) is 9.07. The number of piperazine rings is 1. The van der Waals surface area contributed by atoms with E-state index in [0.29, 0.717) is 6.10 Å². The lowest BCUT2D eigenvalue weighted by Crippen LogP contribution is -2.52. The van der Waals surface area contributed by atoms with Crippen molar-refractivity contribution in [2.45, 2.75) is 57.2 Å². The molecule has 1 aromatic carbocycles. The van der Waals surface area contributed by atoms with Crippen LogP contribution in [0.3, 0.4) is 0 Å². The second kappa shape index (κ2) is 10.2. The predicted octanol–water partition coefficient (Wildman–Crippen LogP) is 3.44. The highest BCUT2D eigenvalue weighted by atomic mass is 16.5. The van der Waals surface area contributed by atoms with Gasteiger partial charge in [0.05, 0.1) is 24.9 Å². The average Bonchev–Trinajstić information content (AvgIpc) is 2.80. The van der Waals surface area contributed by atoms with Crippen LogP contribution in [0, 0.1) is 6.61 Å². The number of rotatable bonds is 6. The molecule has 0 amide bonds. The minimum atomic E-state index is 0.266. The third-order valence-electron chi connectivity index (χ3n) is 7.08. The summed E-state index contributed by atoms with van der Waals surface area (Å²) >= 11 is 0. The molecule has 1 radical (unpaired) electrons. The maximum absolute atomic E-state index is 5.82. The lowest BCUT2D eigenvalue weighted by molar-refractivity contribution is 0.0559. The molecule has 2 unspecified atom stereocenters. The van der Waals surface area contributed by atoms with Crippen molar-refractivity contribution in [3.8, 4) is 5.75 Å². The number of hydrogen-bond acceptors (Lipinski definition) is 6. The standard InChI is InChI=1S/C24H39N4O2/c1-4-22-7-5-20(18-30-22)25-19-6-8-23(24(17-19)29-3)28-11-9-21(10-12-28)27-15-13-26(2)14-16-27/h6,8,17-18,20-22,25H,4-5,7,9-16H2,1-3H3. The zero-order chi connectivity index (χ0) is 20.9. The van der Waals surface area contributed by atoms with E-state index in [4.69, 9.17) is 9.47 Å². The van der Waals surface area contributed by atoms with Crippen molar-refractivity contribution in [2.75, 3.05) is 63.6 Å². The molecule has 0 aromatic heterocycles. The van der Waals surface area contributed by atoms with Gasteiger partial charge in [0.25, 0.3) is 0 Å². The Hall–Kier alpha value is -1.50. The van der Waals surface area contributed by atoms with Gasteiger partial charge in [0.2, 0.25) is 0 Å². The molecule has 3 aliphatic heterocycles. The molecule has 0 bridgehead atoms. The van der Waals surface area contributed by atoms with Crippen LogP contribution in [0.15, 0.2) is 18.2 Å². The van der Waals surface area contributed by atoms with Gasteiger partial charge in [-0.3, -0.25) is 4.90 Å². The van der Waals surface area contributed by atoms with E-state index in [-0.39, 0.29) is 6.04 Å². The number of likely N-dealkylation sites (N-methyl/N-ethyl adjacent to an activating group) is 1. The summed E-state index contributed by atoms with van der Waals surface area (Å²) in [6.45, 7) is 11.2. The summed E-state index contributed by atoms with van der Waals surface area (Å²) in [5.74, 6) is 0.959. The van der Waals surface area contributed by atoms with Gasteiger partial charge in [-0.15, -0.1) is 0 Å². The molecule has 6 heteroatoms. The zero-order valence-electron chi connectivity index (χ0n) is 19.0. The Morgan fingerprint density at radius 3 is 2.43 bits per heavy atom.